The SMILES string of the molecule is O=C(NCCc1ncn[nH]1)NC1CCCCC1C(=O)O. The summed E-state index contributed by atoms with van der Waals surface area (Å²) in [7, 11) is 0. The first-order valence-electron chi connectivity index (χ1n) is 6.78. The van der Waals surface area contributed by atoms with Crippen LogP contribution in [0.25, 0.3) is 0 Å². The van der Waals surface area contributed by atoms with Crippen LogP contribution in [-0.2, 0) is 11.2 Å². The zero-order valence-corrected chi connectivity index (χ0v) is 11.1. The topological polar surface area (TPSA) is 120 Å². The molecule has 1 aromatic rings. The van der Waals surface area contributed by atoms with Crippen LogP contribution in [0.3, 0.4) is 0 Å². The van der Waals surface area contributed by atoms with E-state index in [0.717, 1.165) is 12.8 Å². The Balaban J connectivity index is 1.73. The minimum Gasteiger partial charge on any atom is -0.481 e. The second kappa shape index (κ2) is 6.88. The normalized spacial score (nSPS) is 22.2. The molecule has 1 fully saturated rings. The van der Waals surface area contributed by atoms with Gasteiger partial charge in [0.25, 0.3) is 0 Å². The number of nitrogens with one attached hydrogen (secondary N) is 3. The predicted molar refractivity (Wildman–Crippen MR) is 70.0 cm³/mol. The van der Waals surface area contributed by atoms with E-state index in [4.69, 9.17) is 5.11 Å². The van der Waals surface area contributed by atoms with Gasteiger partial charge in [0, 0.05) is 19.0 Å². The summed E-state index contributed by atoms with van der Waals surface area (Å²) >= 11 is 0. The molecule has 0 radical (unpaired) electrons. The Kier molecular flexibility index (Phi) is 4.91. The van der Waals surface area contributed by atoms with E-state index in [1.165, 1.54) is 6.33 Å². The molecule has 0 aliphatic heterocycles. The van der Waals surface area contributed by atoms with E-state index < -0.39 is 11.9 Å². The van der Waals surface area contributed by atoms with Gasteiger partial charge in [0.1, 0.15) is 12.2 Å². The molecule has 0 aromatic carbocycles. The molecule has 2 unspecified atom stereocenters. The van der Waals surface area contributed by atoms with Crippen molar-refractivity contribution in [3.63, 3.8) is 0 Å². The molecular formula is C12H19N5O3. The number of aromatic nitrogens is 3. The van der Waals surface area contributed by atoms with Crippen LogP contribution in [0.4, 0.5) is 4.79 Å². The smallest absolute Gasteiger partial charge is 0.315 e. The molecular weight excluding hydrogens is 262 g/mol. The zero-order valence-electron chi connectivity index (χ0n) is 11.1. The van der Waals surface area contributed by atoms with Crippen molar-refractivity contribution in [3.05, 3.63) is 12.2 Å². The van der Waals surface area contributed by atoms with Crippen molar-refractivity contribution in [2.75, 3.05) is 6.54 Å². The number of H-pyrrole nitrogens is 1. The molecule has 2 amide bonds. The lowest BCUT2D eigenvalue weighted by Gasteiger charge is -2.29. The fourth-order valence-corrected chi connectivity index (χ4v) is 2.46. The van der Waals surface area contributed by atoms with Gasteiger partial charge < -0.3 is 15.7 Å². The number of carbonyl (C=O) groups is 2. The van der Waals surface area contributed by atoms with E-state index in [-0.39, 0.29) is 12.1 Å². The Morgan fingerprint density at radius 3 is 2.90 bits per heavy atom. The highest BCUT2D eigenvalue weighted by atomic mass is 16.4. The summed E-state index contributed by atoms with van der Waals surface area (Å²) in [5, 5.41) is 21.0. The van der Waals surface area contributed by atoms with Crippen molar-refractivity contribution in [1.82, 2.24) is 25.8 Å². The standard InChI is InChI=1S/C12H19N5O3/c18-11(19)8-3-1-2-4-9(8)16-12(20)13-6-5-10-14-7-15-17-10/h7-9H,1-6H2,(H,18,19)(H2,13,16,20)(H,14,15,17). The summed E-state index contributed by atoms with van der Waals surface area (Å²) in [6.45, 7) is 0.422. The Hall–Kier alpha value is -2.12. The van der Waals surface area contributed by atoms with Gasteiger partial charge in [-0.2, -0.15) is 5.10 Å². The third-order valence-corrected chi connectivity index (χ3v) is 3.51. The number of rotatable bonds is 5. The summed E-state index contributed by atoms with van der Waals surface area (Å²) < 4.78 is 0. The molecule has 20 heavy (non-hydrogen) atoms. The molecule has 0 saturated heterocycles. The number of carboxylic acids is 1. The van der Waals surface area contributed by atoms with Gasteiger partial charge in [-0.25, -0.2) is 9.78 Å². The molecule has 4 N–H and O–H groups in total. The molecule has 1 aliphatic carbocycles. The highest BCUT2D eigenvalue weighted by Crippen LogP contribution is 2.24. The Morgan fingerprint density at radius 1 is 1.40 bits per heavy atom. The average Bonchev–Trinajstić information content (AvgIpc) is 2.92. The first-order valence-corrected chi connectivity index (χ1v) is 6.78. The molecule has 1 aromatic heterocycles. The van der Waals surface area contributed by atoms with Crippen LogP contribution in [0.15, 0.2) is 6.33 Å². The molecule has 8 nitrogen and oxygen atoms in total. The average molecular weight is 281 g/mol. The van der Waals surface area contributed by atoms with Gasteiger partial charge in [-0.15, -0.1) is 0 Å². The molecule has 0 spiro atoms. The van der Waals surface area contributed by atoms with Gasteiger partial charge in [0.05, 0.1) is 5.92 Å². The van der Waals surface area contributed by atoms with E-state index in [0.29, 0.717) is 31.6 Å². The van der Waals surface area contributed by atoms with Gasteiger partial charge in [0.15, 0.2) is 0 Å². The Morgan fingerprint density at radius 2 is 2.20 bits per heavy atom. The number of carbonyl (C=O) groups excluding carboxylic acids is 1. The molecule has 1 heterocycles. The van der Waals surface area contributed by atoms with Gasteiger partial charge in [-0.3, -0.25) is 9.89 Å². The summed E-state index contributed by atoms with van der Waals surface area (Å²) in [6, 6.07) is -0.616. The lowest BCUT2D eigenvalue weighted by molar-refractivity contribution is -0.143. The highest BCUT2D eigenvalue weighted by Gasteiger charge is 2.31. The summed E-state index contributed by atoms with van der Waals surface area (Å²) in [5.74, 6) is -0.619. The van der Waals surface area contributed by atoms with E-state index >= 15 is 0 Å². The van der Waals surface area contributed by atoms with Crippen LogP contribution >= 0.6 is 0 Å². The maximum Gasteiger partial charge on any atom is 0.315 e. The van der Waals surface area contributed by atoms with E-state index in [1.54, 1.807) is 0 Å². The number of hydrogen-bond donors (Lipinski definition) is 4. The summed E-state index contributed by atoms with van der Waals surface area (Å²) in [6.07, 6.45) is 5.16. The summed E-state index contributed by atoms with van der Waals surface area (Å²) in [5.41, 5.74) is 0. The fraction of sp³-hybridized carbons (Fsp3) is 0.667. The number of amides is 2. The van der Waals surface area contributed by atoms with Crippen LogP contribution in [0.2, 0.25) is 0 Å². The van der Waals surface area contributed by atoms with Crippen LogP contribution < -0.4 is 10.6 Å². The Labute approximate surface area is 116 Å². The number of urea groups is 1. The first-order chi connectivity index (χ1) is 9.66. The monoisotopic (exact) mass is 281 g/mol. The first kappa shape index (κ1) is 14.3. The Bertz CT molecular complexity index is 448. The third-order valence-electron chi connectivity index (χ3n) is 3.51. The number of carboxylic acid groups (broad SMARTS) is 1. The van der Waals surface area contributed by atoms with Crippen molar-refractivity contribution in [3.8, 4) is 0 Å². The van der Waals surface area contributed by atoms with E-state index in [2.05, 4.69) is 25.8 Å². The quantitative estimate of drug-likeness (QED) is 0.618. The minimum atomic E-state index is -0.836. The highest BCUT2D eigenvalue weighted by molar-refractivity contribution is 5.76. The largest absolute Gasteiger partial charge is 0.481 e. The predicted octanol–water partition coefficient (Wildman–Crippen LogP) is 0.290. The number of aliphatic carboxylic acids is 1. The lowest BCUT2D eigenvalue weighted by Crippen LogP contribution is -2.49. The molecule has 0 bridgehead atoms. The third kappa shape index (κ3) is 3.94. The molecule has 8 heteroatoms. The van der Waals surface area contributed by atoms with Crippen molar-refractivity contribution >= 4 is 12.0 Å². The summed E-state index contributed by atoms with van der Waals surface area (Å²) in [4.78, 5) is 26.8. The van der Waals surface area contributed by atoms with Gasteiger partial charge >= 0.3 is 12.0 Å². The maximum atomic E-state index is 11.7. The lowest BCUT2D eigenvalue weighted by atomic mass is 9.84. The van der Waals surface area contributed by atoms with Gasteiger partial charge in [-0.1, -0.05) is 12.8 Å². The van der Waals surface area contributed by atoms with Crippen molar-refractivity contribution in [2.45, 2.75) is 38.1 Å². The number of hydrogen-bond acceptors (Lipinski definition) is 4. The minimum absolute atomic E-state index is 0.286. The molecule has 2 rings (SSSR count). The van der Waals surface area contributed by atoms with Crippen LogP contribution in [0.1, 0.15) is 31.5 Å². The van der Waals surface area contributed by atoms with Gasteiger partial charge in [-0.05, 0) is 12.8 Å². The maximum absolute atomic E-state index is 11.7. The fourth-order valence-electron chi connectivity index (χ4n) is 2.46. The van der Waals surface area contributed by atoms with Crippen LogP contribution in [0.5, 0.6) is 0 Å². The molecule has 2 atom stereocenters. The second-order valence-electron chi connectivity index (χ2n) is 4.92. The zero-order chi connectivity index (χ0) is 14.4. The van der Waals surface area contributed by atoms with Crippen molar-refractivity contribution < 1.29 is 14.7 Å². The molecule has 1 aliphatic rings. The van der Waals surface area contributed by atoms with Crippen LogP contribution in [-0.4, -0.2) is 44.9 Å². The van der Waals surface area contributed by atoms with Crippen LogP contribution in [0, 0.1) is 5.92 Å². The van der Waals surface area contributed by atoms with Crippen molar-refractivity contribution in [1.29, 1.82) is 0 Å². The molecule has 110 valence electrons. The molecule has 1 saturated carbocycles. The number of nitrogens with zero attached hydrogens (tertiary/aromatic N) is 2. The van der Waals surface area contributed by atoms with E-state index in [1.807, 2.05) is 0 Å². The van der Waals surface area contributed by atoms with Gasteiger partial charge in [0.2, 0.25) is 0 Å². The van der Waals surface area contributed by atoms with Crippen molar-refractivity contribution in [2.24, 2.45) is 5.92 Å². The van der Waals surface area contributed by atoms with E-state index in [9.17, 15) is 9.59 Å². The number of aromatic amines is 1. The second-order valence-corrected chi connectivity index (χ2v) is 4.92.